The van der Waals surface area contributed by atoms with Crippen LogP contribution < -0.4 is 5.32 Å². The third-order valence-corrected chi connectivity index (χ3v) is 4.53. The summed E-state index contributed by atoms with van der Waals surface area (Å²) < 4.78 is 0. The number of nitrogens with one attached hydrogen (secondary N) is 1. The van der Waals surface area contributed by atoms with Crippen LogP contribution in [0, 0.1) is 0 Å². The minimum absolute atomic E-state index is 0.0298. The molecule has 1 aromatic rings. The van der Waals surface area contributed by atoms with Crippen LogP contribution in [-0.4, -0.2) is 54.3 Å². The molecule has 0 spiro atoms. The van der Waals surface area contributed by atoms with Gasteiger partial charge in [0.25, 0.3) is 0 Å². The number of likely N-dealkylation sites (tertiary alicyclic amines) is 1. The van der Waals surface area contributed by atoms with E-state index in [1.165, 1.54) is 4.88 Å². The van der Waals surface area contributed by atoms with Crippen LogP contribution in [0.1, 0.15) is 24.6 Å². The van der Waals surface area contributed by atoms with E-state index in [4.69, 9.17) is 0 Å². The van der Waals surface area contributed by atoms with Gasteiger partial charge in [-0.3, -0.25) is 14.5 Å². The van der Waals surface area contributed by atoms with Crippen LogP contribution in [0.3, 0.4) is 0 Å². The van der Waals surface area contributed by atoms with Crippen LogP contribution in [0.2, 0.25) is 0 Å². The van der Waals surface area contributed by atoms with Gasteiger partial charge in [-0.25, -0.2) is 0 Å². The van der Waals surface area contributed by atoms with Crippen molar-refractivity contribution in [2.75, 3.05) is 32.7 Å². The fraction of sp³-hybridized carbons (Fsp3) is 0.600. The van der Waals surface area contributed by atoms with Crippen molar-refractivity contribution in [1.82, 2.24) is 15.1 Å². The molecule has 1 N–H and O–H groups in total. The third kappa shape index (κ3) is 5.13. The fourth-order valence-corrected chi connectivity index (χ4v) is 3.16. The van der Waals surface area contributed by atoms with E-state index in [-0.39, 0.29) is 18.4 Å². The van der Waals surface area contributed by atoms with Gasteiger partial charge >= 0.3 is 0 Å². The zero-order valence-electron chi connectivity index (χ0n) is 12.5. The first kappa shape index (κ1) is 16.0. The standard InChI is InChI=1S/C15H23N3O2S/c1-2-17(11-13-6-5-9-21-13)12-14(19)16-10-15(20)18-7-3-4-8-18/h5-6,9H,2-4,7-8,10-12H2,1H3,(H,16,19). The Kier molecular flexibility index (Phi) is 6.20. The number of hydrogen-bond donors (Lipinski definition) is 1. The number of hydrogen-bond acceptors (Lipinski definition) is 4. The Bertz CT molecular complexity index is 455. The van der Waals surface area contributed by atoms with E-state index in [1.54, 1.807) is 11.3 Å². The lowest BCUT2D eigenvalue weighted by molar-refractivity contribution is -0.132. The van der Waals surface area contributed by atoms with Gasteiger partial charge in [-0.15, -0.1) is 11.3 Å². The lowest BCUT2D eigenvalue weighted by Crippen LogP contribution is -2.42. The lowest BCUT2D eigenvalue weighted by atomic mass is 10.4. The zero-order valence-corrected chi connectivity index (χ0v) is 13.3. The minimum atomic E-state index is -0.0825. The molecule has 0 unspecified atom stereocenters. The number of carbonyl (C=O) groups is 2. The van der Waals surface area contributed by atoms with Gasteiger partial charge in [-0.2, -0.15) is 0 Å². The van der Waals surface area contributed by atoms with Gasteiger partial charge in [0.05, 0.1) is 13.1 Å². The smallest absolute Gasteiger partial charge is 0.241 e. The molecule has 2 heterocycles. The van der Waals surface area contributed by atoms with Crippen molar-refractivity contribution in [3.8, 4) is 0 Å². The minimum Gasteiger partial charge on any atom is -0.346 e. The van der Waals surface area contributed by atoms with E-state index in [0.717, 1.165) is 39.0 Å². The number of rotatable bonds is 7. The highest BCUT2D eigenvalue weighted by Gasteiger charge is 2.18. The monoisotopic (exact) mass is 309 g/mol. The summed E-state index contributed by atoms with van der Waals surface area (Å²) in [5, 5.41) is 4.77. The van der Waals surface area contributed by atoms with Gasteiger partial charge in [-0.05, 0) is 30.8 Å². The summed E-state index contributed by atoms with van der Waals surface area (Å²) in [6.45, 7) is 5.74. The third-order valence-electron chi connectivity index (χ3n) is 3.67. The molecule has 0 saturated carbocycles. The van der Waals surface area contributed by atoms with Crippen LogP contribution in [0.5, 0.6) is 0 Å². The van der Waals surface area contributed by atoms with Gasteiger partial charge in [0.15, 0.2) is 0 Å². The molecule has 1 fully saturated rings. The molecule has 0 bridgehead atoms. The second kappa shape index (κ2) is 8.14. The predicted octanol–water partition coefficient (Wildman–Crippen LogP) is 1.31. The molecule has 116 valence electrons. The van der Waals surface area contributed by atoms with Gasteiger partial charge in [0.1, 0.15) is 0 Å². The maximum atomic E-state index is 11.9. The van der Waals surface area contributed by atoms with Gasteiger partial charge in [-0.1, -0.05) is 13.0 Å². The Hall–Kier alpha value is -1.40. The summed E-state index contributed by atoms with van der Waals surface area (Å²) in [4.78, 5) is 28.9. The average molecular weight is 309 g/mol. The van der Waals surface area contributed by atoms with Crippen molar-refractivity contribution >= 4 is 23.2 Å². The average Bonchev–Trinajstić information content (AvgIpc) is 3.17. The van der Waals surface area contributed by atoms with Crippen molar-refractivity contribution in [1.29, 1.82) is 0 Å². The van der Waals surface area contributed by atoms with E-state index < -0.39 is 0 Å². The summed E-state index contributed by atoms with van der Waals surface area (Å²) >= 11 is 1.69. The number of amides is 2. The van der Waals surface area contributed by atoms with E-state index in [2.05, 4.69) is 16.3 Å². The second-order valence-corrected chi connectivity index (χ2v) is 6.28. The predicted molar refractivity (Wildman–Crippen MR) is 84.1 cm³/mol. The topological polar surface area (TPSA) is 52.7 Å². The highest BCUT2D eigenvalue weighted by Crippen LogP contribution is 2.11. The van der Waals surface area contributed by atoms with Crippen LogP contribution in [0.4, 0.5) is 0 Å². The quantitative estimate of drug-likeness (QED) is 0.826. The van der Waals surface area contributed by atoms with E-state index in [9.17, 15) is 9.59 Å². The SMILES string of the molecule is CCN(CC(=O)NCC(=O)N1CCCC1)Cc1cccs1. The summed E-state index contributed by atoms with van der Waals surface area (Å²) in [7, 11) is 0. The lowest BCUT2D eigenvalue weighted by Gasteiger charge is -2.20. The first-order valence-corrected chi connectivity index (χ1v) is 8.36. The molecule has 1 aromatic heterocycles. The van der Waals surface area contributed by atoms with Crippen molar-refractivity contribution < 1.29 is 9.59 Å². The number of carbonyl (C=O) groups excluding carboxylic acids is 2. The number of likely N-dealkylation sites (N-methyl/N-ethyl adjacent to an activating group) is 1. The van der Waals surface area contributed by atoms with Crippen LogP contribution in [0.25, 0.3) is 0 Å². The van der Waals surface area contributed by atoms with Crippen molar-refractivity contribution in [2.45, 2.75) is 26.3 Å². The number of nitrogens with zero attached hydrogens (tertiary/aromatic N) is 2. The van der Waals surface area contributed by atoms with Crippen LogP contribution >= 0.6 is 11.3 Å². The molecule has 0 radical (unpaired) electrons. The first-order chi connectivity index (χ1) is 10.2. The van der Waals surface area contributed by atoms with Crippen molar-refractivity contribution in [2.24, 2.45) is 0 Å². The second-order valence-electron chi connectivity index (χ2n) is 5.25. The molecule has 0 atom stereocenters. The van der Waals surface area contributed by atoms with Crippen LogP contribution in [-0.2, 0) is 16.1 Å². The molecule has 21 heavy (non-hydrogen) atoms. The van der Waals surface area contributed by atoms with Gasteiger partial charge in [0.2, 0.25) is 11.8 Å². The summed E-state index contributed by atoms with van der Waals surface area (Å²) in [5.41, 5.74) is 0. The maximum absolute atomic E-state index is 11.9. The molecule has 1 aliphatic rings. The Labute approximate surface area is 129 Å². The van der Waals surface area contributed by atoms with Gasteiger partial charge < -0.3 is 10.2 Å². The molecule has 1 aliphatic heterocycles. The fourth-order valence-electron chi connectivity index (χ4n) is 2.41. The van der Waals surface area contributed by atoms with E-state index >= 15 is 0 Å². The summed E-state index contributed by atoms with van der Waals surface area (Å²) in [6, 6.07) is 4.09. The van der Waals surface area contributed by atoms with E-state index in [1.807, 2.05) is 23.3 Å². The van der Waals surface area contributed by atoms with Gasteiger partial charge in [0, 0.05) is 24.5 Å². The Morgan fingerprint density at radius 3 is 2.76 bits per heavy atom. The molecular weight excluding hydrogens is 286 g/mol. The summed E-state index contributed by atoms with van der Waals surface area (Å²) in [5.74, 6) is -0.0527. The van der Waals surface area contributed by atoms with Crippen molar-refractivity contribution in [3.05, 3.63) is 22.4 Å². The summed E-state index contributed by atoms with van der Waals surface area (Å²) in [6.07, 6.45) is 2.15. The first-order valence-electron chi connectivity index (χ1n) is 7.48. The number of thiophene rings is 1. The molecule has 0 aliphatic carbocycles. The zero-order chi connectivity index (χ0) is 15.1. The van der Waals surface area contributed by atoms with Crippen molar-refractivity contribution in [3.63, 3.8) is 0 Å². The maximum Gasteiger partial charge on any atom is 0.241 e. The Morgan fingerprint density at radius 2 is 2.14 bits per heavy atom. The highest BCUT2D eigenvalue weighted by molar-refractivity contribution is 7.09. The van der Waals surface area contributed by atoms with Crippen LogP contribution in [0.15, 0.2) is 17.5 Å². The Morgan fingerprint density at radius 1 is 1.38 bits per heavy atom. The molecule has 2 amide bonds. The molecule has 1 saturated heterocycles. The molecule has 2 rings (SSSR count). The Balaban J connectivity index is 1.70. The molecule has 0 aromatic carbocycles. The molecule has 6 heteroatoms. The highest BCUT2D eigenvalue weighted by atomic mass is 32.1. The normalized spacial score (nSPS) is 14.7. The van der Waals surface area contributed by atoms with E-state index in [0.29, 0.717) is 6.54 Å². The largest absolute Gasteiger partial charge is 0.346 e. The molecule has 5 nitrogen and oxygen atoms in total. The molecular formula is C15H23N3O2S.